The first-order chi connectivity index (χ1) is 11.9. The number of para-hydroxylation sites is 1. The third-order valence-corrected chi connectivity index (χ3v) is 5.91. The Labute approximate surface area is 159 Å². The molecule has 25 heavy (non-hydrogen) atoms. The zero-order valence-corrected chi connectivity index (χ0v) is 16.0. The van der Waals surface area contributed by atoms with Crippen molar-refractivity contribution in [3.63, 3.8) is 0 Å². The minimum atomic E-state index is -3.71. The van der Waals surface area contributed by atoms with Crippen molar-refractivity contribution in [3.8, 4) is 11.5 Å². The molecule has 0 saturated heterocycles. The van der Waals surface area contributed by atoms with Crippen LogP contribution in [0.2, 0.25) is 5.02 Å². The number of hydrogen-bond donors (Lipinski definition) is 1. The normalized spacial score (nSPS) is 11.1. The molecule has 4 nitrogen and oxygen atoms in total. The van der Waals surface area contributed by atoms with Crippen LogP contribution in [0.25, 0.3) is 0 Å². The molecule has 0 aliphatic carbocycles. The molecule has 0 aliphatic rings. The fourth-order valence-corrected chi connectivity index (χ4v) is 3.56. The molecule has 0 spiro atoms. The summed E-state index contributed by atoms with van der Waals surface area (Å²) in [5, 5.41) is 0.423. The average Bonchev–Trinajstić information content (AvgIpc) is 2.59. The molecular formula is C18H13BrClNO3S. The number of halogens is 2. The Balaban J connectivity index is 1.77. The molecule has 0 atom stereocenters. The standard InChI is InChI=1S/C18H13BrClNO3S/c19-17-11-6-13(12-18(17)20)21-25(22,23)16-9-7-15(8-10-16)24-14-4-2-1-3-5-14/h1-12,21H. The summed E-state index contributed by atoms with van der Waals surface area (Å²) in [6.45, 7) is 0. The molecule has 3 aromatic carbocycles. The quantitative estimate of drug-likeness (QED) is 0.556. The van der Waals surface area contributed by atoms with Crippen molar-refractivity contribution in [1.82, 2.24) is 0 Å². The number of nitrogens with one attached hydrogen (secondary N) is 1. The van der Waals surface area contributed by atoms with E-state index in [1.807, 2.05) is 30.3 Å². The van der Waals surface area contributed by atoms with Crippen molar-refractivity contribution in [2.75, 3.05) is 4.72 Å². The van der Waals surface area contributed by atoms with Crippen LogP contribution < -0.4 is 9.46 Å². The predicted molar refractivity (Wildman–Crippen MR) is 103 cm³/mol. The van der Waals surface area contributed by atoms with Crippen LogP contribution in [0.3, 0.4) is 0 Å². The van der Waals surface area contributed by atoms with E-state index in [2.05, 4.69) is 20.7 Å². The van der Waals surface area contributed by atoms with Gasteiger partial charge in [-0.15, -0.1) is 0 Å². The van der Waals surface area contributed by atoms with Crippen LogP contribution in [0.5, 0.6) is 11.5 Å². The highest BCUT2D eigenvalue weighted by Gasteiger charge is 2.15. The Morgan fingerprint density at radius 2 is 1.52 bits per heavy atom. The van der Waals surface area contributed by atoms with E-state index in [0.717, 1.165) is 0 Å². The fraction of sp³-hybridized carbons (Fsp3) is 0. The van der Waals surface area contributed by atoms with Gasteiger partial charge in [0.1, 0.15) is 11.5 Å². The van der Waals surface area contributed by atoms with Crippen LogP contribution in [-0.2, 0) is 10.0 Å². The van der Waals surface area contributed by atoms with E-state index in [1.54, 1.807) is 24.3 Å². The highest BCUT2D eigenvalue weighted by molar-refractivity contribution is 9.10. The maximum Gasteiger partial charge on any atom is 0.261 e. The van der Waals surface area contributed by atoms with Gasteiger partial charge in [-0.3, -0.25) is 4.72 Å². The van der Waals surface area contributed by atoms with Gasteiger partial charge in [-0.1, -0.05) is 29.8 Å². The molecule has 3 rings (SSSR count). The second-order valence-electron chi connectivity index (χ2n) is 5.12. The maximum absolute atomic E-state index is 12.5. The Bertz CT molecular complexity index is 977. The number of ether oxygens (including phenoxy) is 1. The Hall–Kier alpha value is -2.02. The minimum absolute atomic E-state index is 0.131. The van der Waals surface area contributed by atoms with Crippen LogP contribution in [0.4, 0.5) is 5.69 Å². The van der Waals surface area contributed by atoms with E-state index < -0.39 is 10.0 Å². The monoisotopic (exact) mass is 437 g/mol. The van der Waals surface area contributed by atoms with Crippen molar-refractivity contribution in [1.29, 1.82) is 0 Å². The number of rotatable bonds is 5. The van der Waals surface area contributed by atoms with E-state index in [0.29, 0.717) is 26.7 Å². The SMILES string of the molecule is O=S(=O)(Nc1ccc(Br)c(Cl)c1)c1ccc(Oc2ccccc2)cc1. The van der Waals surface area contributed by atoms with Crippen LogP contribution >= 0.6 is 27.5 Å². The molecule has 0 aliphatic heterocycles. The van der Waals surface area contributed by atoms with Gasteiger partial charge in [0.25, 0.3) is 10.0 Å². The van der Waals surface area contributed by atoms with Crippen molar-refractivity contribution in [2.45, 2.75) is 4.90 Å². The molecule has 0 aromatic heterocycles. The summed E-state index contributed by atoms with van der Waals surface area (Å²) in [5.41, 5.74) is 0.387. The predicted octanol–water partition coefficient (Wildman–Crippen LogP) is 5.70. The van der Waals surface area contributed by atoms with E-state index in [4.69, 9.17) is 16.3 Å². The first-order valence-electron chi connectivity index (χ1n) is 7.25. The third kappa shape index (κ3) is 4.54. The van der Waals surface area contributed by atoms with Gasteiger partial charge in [-0.2, -0.15) is 0 Å². The first kappa shape index (κ1) is 17.8. The van der Waals surface area contributed by atoms with Gasteiger partial charge in [0, 0.05) is 4.47 Å². The smallest absolute Gasteiger partial charge is 0.261 e. The van der Waals surface area contributed by atoms with Crippen molar-refractivity contribution >= 4 is 43.2 Å². The lowest BCUT2D eigenvalue weighted by Crippen LogP contribution is -2.12. The topological polar surface area (TPSA) is 55.4 Å². The first-order valence-corrected chi connectivity index (χ1v) is 9.90. The molecule has 0 radical (unpaired) electrons. The summed E-state index contributed by atoms with van der Waals surface area (Å²) in [6.07, 6.45) is 0. The van der Waals surface area contributed by atoms with Crippen LogP contribution in [-0.4, -0.2) is 8.42 Å². The lowest BCUT2D eigenvalue weighted by Gasteiger charge is -2.10. The van der Waals surface area contributed by atoms with E-state index in [1.165, 1.54) is 18.2 Å². The molecule has 1 N–H and O–H groups in total. The van der Waals surface area contributed by atoms with Gasteiger partial charge in [-0.05, 0) is 70.5 Å². The second-order valence-corrected chi connectivity index (χ2v) is 8.06. The van der Waals surface area contributed by atoms with E-state index in [9.17, 15) is 8.42 Å². The summed E-state index contributed by atoms with van der Waals surface area (Å²) in [6, 6.07) is 20.3. The minimum Gasteiger partial charge on any atom is -0.457 e. The molecule has 0 amide bonds. The van der Waals surface area contributed by atoms with Crippen LogP contribution in [0, 0.1) is 0 Å². The van der Waals surface area contributed by atoms with Gasteiger partial charge >= 0.3 is 0 Å². The van der Waals surface area contributed by atoms with Crippen LogP contribution in [0.15, 0.2) is 82.2 Å². The van der Waals surface area contributed by atoms with E-state index >= 15 is 0 Å². The Kier molecular flexibility index (Phi) is 5.32. The molecule has 3 aromatic rings. The summed E-state index contributed by atoms with van der Waals surface area (Å²) in [5.74, 6) is 1.23. The molecule has 0 heterocycles. The van der Waals surface area contributed by atoms with E-state index in [-0.39, 0.29) is 4.90 Å². The Morgan fingerprint density at radius 3 is 2.16 bits per heavy atom. The van der Waals surface area contributed by atoms with Gasteiger partial charge < -0.3 is 4.74 Å². The number of hydrogen-bond acceptors (Lipinski definition) is 3. The largest absolute Gasteiger partial charge is 0.457 e. The van der Waals surface area contributed by atoms with Gasteiger partial charge in [0.15, 0.2) is 0 Å². The molecule has 0 saturated carbocycles. The molecule has 0 unspecified atom stereocenters. The number of sulfonamides is 1. The highest BCUT2D eigenvalue weighted by Crippen LogP contribution is 2.28. The summed E-state index contributed by atoms with van der Waals surface area (Å²) >= 11 is 9.25. The fourth-order valence-electron chi connectivity index (χ4n) is 2.09. The molecule has 0 fully saturated rings. The third-order valence-electron chi connectivity index (χ3n) is 3.28. The molecular weight excluding hydrogens is 426 g/mol. The molecule has 7 heteroatoms. The lowest BCUT2D eigenvalue weighted by molar-refractivity contribution is 0.482. The van der Waals surface area contributed by atoms with Crippen LogP contribution in [0.1, 0.15) is 0 Å². The Morgan fingerprint density at radius 1 is 0.880 bits per heavy atom. The highest BCUT2D eigenvalue weighted by atomic mass is 79.9. The van der Waals surface area contributed by atoms with Crippen molar-refractivity contribution in [2.24, 2.45) is 0 Å². The second kappa shape index (κ2) is 7.47. The van der Waals surface area contributed by atoms with Gasteiger partial charge in [-0.25, -0.2) is 8.42 Å². The number of anilines is 1. The maximum atomic E-state index is 12.5. The average molecular weight is 439 g/mol. The van der Waals surface area contributed by atoms with Crippen molar-refractivity contribution < 1.29 is 13.2 Å². The summed E-state index contributed by atoms with van der Waals surface area (Å²) in [7, 11) is -3.71. The van der Waals surface area contributed by atoms with Gasteiger partial charge in [0.05, 0.1) is 15.6 Å². The number of benzene rings is 3. The molecule has 128 valence electrons. The van der Waals surface area contributed by atoms with Gasteiger partial charge in [0.2, 0.25) is 0 Å². The summed E-state index contributed by atoms with van der Waals surface area (Å²) in [4.78, 5) is 0.131. The van der Waals surface area contributed by atoms with Crippen molar-refractivity contribution in [3.05, 3.63) is 82.3 Å². The summed E-state index contributed by atoms with van der Waals surface area (Å²) < 4.78 is 33.8. The lowest BCUT2D eigenvalue weighted by atomic mass is 10.3. The molecule has 0 bridgehead atoms. The zero-order chi connectivity index (χ0) is 17.9. The zero-order valence-electron chi connectivity index (χ0n) is 12.8.